The van der Waals surface area contributed by atoms with Gasteiger partial charge in [-0.05, 0) is 18.6 Å². The van der Waals surface area contributed by atoms with Gasteiger partial charge < -0.3 is 20.1 Å². The molecule has 1 aliphatic carbocycles. The largest absolute Gasteiger partial charge is 0.495 e. The van der Waals surface area contributed by atoms with Crippen molar-refractivity contribution in [1.82, 2.24) is 5.32 Å². The Balaban J connectivity index is 1.83. The number of carbonyl (C=O) groups is 1. The molecule has 1 aromatic rings. The van der Waals surface area contributed by atoms with E-state index in [1.54, 1.807) is 14.2 Å². The fraction of sp³-hybridized carbons (Fsp3) is 0.562. The van der Waals surface area contributed by atoms with E-state index in [2.05, 4.69) is 24.5 Å². The van der Waals surface area contributed by atoms with Crippen LogP contribution in [0.1, 0.15) is 20.3 Å². The Kier molecular flexibility index (Phi) is 4.85. The lowest BCUT2D eigenvalue weighted by Crippen LogP contribution is -2.61. The van der Waals surface area contributed by atoms with E-state index >= 15 is 0 Å². The number of rotatable bonds is 6. The predicted molar refractivity (Wildman–Crippen MR) is 82.6 cm³/mol. The van der Waals surface area contributed by atoms with Crippen LogP contribution in [0.25, 0.3) is 0 Å². The maximum Gasteiger partial charge on any atom is 0.238 e. The second-order valence-corrected chi connectivity index (χ2v) is 5.96. The minimum Gasteiger partial charge on any atom is -0.495 e. The number of methoxy groups -OCH3 is 2. The summed E-state index contributed by atoms with van der Waals surface area (Å²) in [5.74, 6) is 0.588. The van der Waals surface area contributed by atoms with Crippen molar-refractivity contribution < 1.29 is 14.3 Å². The molecule has 1 amide bonds. The minimum absolute atomic E-state index is 0.0550. The molecule has 0 aromatic heterocycles. The van der Waals surface area contributed by atoms with Crippen molar-refractivity contribution in [1.29, 1.82) is 0 Å². The molecule has 2 unspecified atom stereocenters. The number of anilines is 1. The smallest absolute Gasteiger partial charge is 0.238 e. The molecule has 0 saturated heterocycles. The van der Waals surface area contributed by atoms with Crippen molar-refractivity contribution in [2.24, 2.45) is 5.41 Å². The van der Waals surface area contributed by atoms with Gasteiger partial charge in [0, 0.05) is 18.6 Å². The summed E-state index contributed by atoms with van der Waals surface area (Å²) >= 11 is 0. The summed E-state index contributed by atoms with van der Waals surface area (Å²) in [6, 6.07) is 7.68. The van der Waals surface area contributed by atoms with Crippen molar-refractivity contribution in [3.8, 4) is 5.75 Å². The zero-order valence-electron chi connectivity index (χ0n) is 13.1. The average Bonchev–Trinajstić information content (AvgIpc) is 2.46. The summed E-state index contributed by atoms with van der Waals surface area (Å²) in [5, 5.41) is 6.16. The van der Waals surface area contributed by atoms with E-state index in [1.165, 1.54) is 0 Å². The zero-order chi connectivity index (χ0) is 15.5. The first-order chi connectivity index (χ1) is 9.98. The van der Waals surface area contributed by atoms with E-state index in [4.69, 9.17) is 9.47 Å². The third kappa shape index (κ3) is 3.36. The van der Waals surface area contributed by atoms with Gasteiger partial charge in [-0.2, -0.15) is 0 Å². The number of ether oxygens (including phenoxy) is 2. The highest BCUT2D eigenvalue weighted by atomic mass is 16.5. The summed E-state index contributed by atoms with van der Waals surface area (Å²) in [4.78, 5) is 12.0. The van der Waals surface area contributed by atoms with Gasteiger partial charge in [0.15, 0.2) is 0 Å². The number of benzene rings is 1. The summed E-state index contributed by atoms with van der Waals surface area (Å²) in [5.41, 5.74) is 0.744. The van der Waals surface area contributed by atoms with Gasteiger partial charge in [0.2, 0.25) is 5.91 Å². The lowest BCUT2D eigenvalue weighted by Gasteiger charge is -2.51. The normalized spacial score (nSPS) is 23.2. The Bertz CT molecular complexity index is 502. The van der Waals surface area contributed by atoms with Crippen LogP contribution in [-0.2, 0) is 9.53 Å². The molecule has 0 heterocycles. The summed E-state index contributed by atoms with van der Waals surface area (Å²) < 4.78 is 10.6. The average molecular weight is 292 g/mol. The van der Waals surface area contributed by atoms with E-state index in [-0.39, 0.29) is 24.0 Å². The minimum atomic E-state index is -0.0730. The van der Waals surface area contributed by atoms with Gasteiger partial charge in [-0.1, -0.05) is 26.0 Å². The Morgan fingerprint density at radius 2 is 2.05 bits per heavy atom. The van der Waals surface area contributed by atoms with E-state index in [1.807, 2.05) is 24.3 Å². The van der Waals surface area contributed by atoms with Gasteiger partial charge in [-0.15, -0.1) is 0 Å². The second-order valence-electron chi connectivity index (χ2n) is 5.96. The highest BCUT2D eigenvalue weighted by molar-refractivity contribution is 5.93. The van der Waals surface area contributed by atoms with Crippen LogP contribution in [0.2, 0.25) is 0 Å². The van der Waals surface area contributed by atoms with E-state index in [0.29, 0.717) is 17.5 Å². The molecule has 2 N–H and O–H groups in total. The van der Waals surface area contributed by atoms with E-state index in [9.17, 15) is 4.79 Å². The topological polar surface area (TPSA) is 59.6 Å². The first kappa shape index (κ1) is 15.8. The molecule has 0 aliphatic heterocycles. The molecular weight excluding hydrogens is 268 g/mol. The maximum absolute atomic E-state index is 12.0. The predicted octanol–water partition coefficient (Wildman–Crippen LogP) is 2.04. The molecule has 5 heteroatoms. The van der Waals surface area contributed by atoms with Gasteiger partial charge in [0.05, 0.1) is 25.4 Å². The van der Waals surface area contributed by atoms with Crippen molar-refractivity contribution in [3.63, 3.8) is 0 Å². The standard InChI is InChI=1S/C16H24N2O3/c1-16(2)13(9-14(16)21-4)17-10-15(19)18-11-7-5-6-8-12(11)20-3/h5-8,13-14,17H,9-10H2,1-4H3,(H,18,19). The Hall–Kier alpha value is -1.59. The molecule has 1 aliphatic rings. The molecule has 5 nitrogen and oxygen atoms in total. The fourth-order valence-corrected chi connectivity index (χ4v) is 2.79. The van der Waals surface area contributed by atoms with Crippen molar-refractivity contribution >= 4 is 11.6 Å². The van der Waals surface area contributed by atoms with Crippen LogP contribution in [0.5, 0.6) is 5.75 Å². The SMILES string of the molecule is COc1ccccc1NC(=O)CNC1CC(OC)C1(C)C. The van der Waals surface area contributed by atoms with Crippen LogP contribution < -0.4 is 15.4 Å². The van der Waals surface area contributed by atoms with Crippen molar-refractivity contribution in [2.45, 2.75) is 32.4 Å². The number of amides is 1. The lowest BCUT2D eigenvalue weighted by molar-refractivity contribution is -0.119. The number of carbonyl (C=O) groups excluding carboxylic acids is 1. The third-order valence-electron chi connectivity index (χ3n) is 4.35. The number of hydrogen-bond acceptors (Lipinski definition) is 4. The molecule has 0 bridgehead atoms. The molecule has 1 aromatic carbocycles. The maximum atomic E-state index is 12.0. The first-order valence-electron chi connectivity index (χ1n) is 7.18. The molecule has 21 heavy (non-hydrogen) atoms. The highest BCUT2D eigenvalue weighted by Crippen LogP contribution is 2.42. The molecule has 2 rings (SSSR count). The second kappa shape index (κ2) is 6.45. The van der Waals surface area contributed by atoms with E-state index in [0.717, 1.165) is 6.42 Å². The summed E-state index contributed by atoms with van der Waals surface area (Å²) in [6.45, 7) is 4.59. The van der Waals surface area contributed by atoms with Crippen LogP contribution in [0.15, 0.2) is 24.3 Å². The van der Waals surface area contributed by atoms with Gasteiger partial charge in [-0.3, -0.25) is 4.79 Å². The number of hydrogen-bond donors (Lipinski definition) is 2. The molecule has 116 valence electrons. The monoisotopic (exact) mass is 292 g/mol. The molecule has 2 atom stereocenters. The molecule has 0 spiro atoms. The molecular formula is C16H24N2O3. The van der Waals surface area contributed by atoms with Crippen LogP contribution in [0.4, 0.5) is 5.69 Å². The van der Waals surface area contributed by atoms with Crippen LogP contribution in [0.3, 0.4) is 0 Å². The molecule has 1 saturated carbocycles. The van der Waals surface area contributed by atoms with Gasteiger partial charge in [-0.25, -0.2) is 0 Å². The van der Waals surface area contributed by atoms with Gasteiger partial charge in [0.1, 0.15) is 5.75 Å². The van der Waals surface area contributed by atoms with Gasteiger partial charge in [0.25, 0.3) is 0 Å². The van der Waals surface area contributed by atoms with Crippen LogP contribution >= 0.6 is 0 Å². The Morgan fingerprint density at radius 3 is 2.67 bits per heavy atom. The highest BCUT2D eigenvalue weighted by Gasteiger charge is 2.48. The molecule has 1 fully saturated rings. The zero-order valence-corrected chi connectivity index (χ0v) is 13.1. The fourth-order valence-electron chi connectivity index (χ4n) is 2.79. The van der Waals surface area contributed by atoms with Crippen molar-refractivity contribution in [3.05, 3.63) is 24.3 Å². The van der Waals surface area contributed by atoms with Crippen LogP contribution in [-0.4, -0.2) is 38.8 Å². The summed E-state index contributed by atoms with van der Waals surface area (Å²) in [6.07, 6.45) is 1.19. The molecule has 0 radical (unpaired) electrons. The quantitative estimate of drug-likeness (QED) is 0.842. The van der Waals surface area contributed by atoms with Crippen molar-refractivity contribution in [2.75, 3.05) is 26.1 Å². The van der Waals surface area contributed by atoms with Crippen LogP contribution in [0, 0.1) is 5.41 Å². The number of para-hydroxylation sites is 2. The van der Waals surface area contributed by atoms with E-state index < -0.39 is 0 Å². The summed E-state index contributed by atoms with van der Waals surface area (Å²) in [7, 11) is 3.32. The first-order valence-corrected chi connectivity index (χ1v) is 7.18. The Labute approximate surface area is 126 Å². The number of nitrogens with one attached hydrogen (secondary N) is 2. The lowest BCUT2D eigenvalue weighted by atomic mass is 9.64. The Morgan fingerprint density at radius 1 is 1.33 bits per heavy atom. The third-order valence-corrected chi connectivity index (χ3v) is 4.35. The van der Waals surface area contributed by atoms with Gasteiger partial charge >= 0.3 is 0 Å².